The standard InChI is InChI=1S/C12H10ClN7S/c13-7-1-2-8(16-5-7)19-10-9(14)11(18-6-17-10)20-12-15-3-4-21-12/h1-6H,14H2,(H2,15,16,17,18,19,20). The van der Waals surface area contributed by atoms with Crippen LogP contribution in [0.1, 0.15) is 0 Å². The zero-order chi connectivity index (χ0) is 14.7. The SMILES string of the molecule is Nc1c(Nc2ccc(Cl)cn2)ncnc1Nc1nccs1. The van der Waals surface area contributed by atoms with E-state index in [-0.39, 0.29) is 0 Å². The monoisotopic (exact) mass is 319 g/mol. The molecule has 0 radical (unpaired) electrons. The van der Waals surface area contributed by atoms with Gasteiger partial charge in [0.15, 0.2) is 16.8 Å². The van der Waals surface area contributed by atoms with Gasteiger partial charge in [0.1, 0.15) is 17.8 Å². The third-order valence-electron chi connectivity index (χ3n) is 2.52. The van der Waals surface area contributed by atoms with Gasteiger partial charge in [0.2, 0.25) is 0 Å². The van der Waals surface area contributed by atoms with Gasteiger partial charge in [-0.2, -0.15) is 0 Å². The van der Waals surface area contributed by atoms with Crippen molar-refractivity contribution in [1.29, 1.82) is 0 Å². The Morgan fingerprint density at radius 1 is 1.05 bits per heavy atom. The second-order valence-corrected chi connectivity index (χ2v) is 5.26. The van der Waals surface area contributed by atoms with Gasteiger partial charge >= 0.3 is 0 Å². The Balaban J connectivity index is 1.84. The van der Waals surface area contributed by atoms with E-state index in [4.69, 9.17) is 17.3 Å². The van der Waals surface area contributed by atoms with Crippen LogP contribution in [0.25, 0.3) is 0 Å². The topological polar surface area (TPSA) is 102 Å². The summed E-state index contributed by atoms with van der Waals surface area (Å²) in [7, 11) is 0. The number of nitrogens with zero attached hydrogens (tertiary/aromatic N) is 4. The number of aromatic nitrogens is 4. The zero-order valence-electron chi connectivity index (χ0n) is 10.6. The number of hydrogen-bond donors (Lipinski definition) is 3. The summed E-state index contributed by atoms with van der Waals surface area (Å²) in [5.41, 5.74) is 6.43. The summed E-state index contributed by atoms with van der Waals surface area (Å²) in [6.07, 6.45) is 4.64. The van der Waals surface area contributed by atoms with E-state index >= 15 is 0 Å². The molecule has 3 rings (SSSR count). The number of thiazole rings is 1. The van der Waals surface area contributed by atoms with E-state index in [2.05, 4.69) is 30.6 Å². The number of nitrogens with one attached hydrogen (secondary N) is 2. The van der Waals surface area contributed by atoms with Crippen LogP contribution < -0.4 is 16.4 Å². The fourth-order valence-corrected chi connectivity index (χ4v) is 2.19. The number of pyridine rings is 1. The average Bonchev–Trinajstić information content (AvgIpc) is 2.99. The molecule has 21 heavy (non-hydrogen) atoms. The van der Waals surface area contributed by atoms with Crippen LogP contribution in [0, 0.1) is 0 Å². The maximum absolute atomic E-state index is 6.05. The van der Waals surface area contributed by atoms with Gasteiger partial charge < -0.3 is 16.4 Å². The van der Waals surface area contributed by atoms with Gasteiger partial charge in [-0.15, -0.1) is 11.3 Å². The lowest BCUT2D eigenvalue weighted by Crippen LogP contribution is -2.05. The van der Waals surface area contributed by atoms with E-state index in [0.717, 1.165) is 0 Å². The molecule has 0 aliphatic rings. The van der Waals surface area contributed by atoms with Crippen molar-refractivity contribution in [2.45, 2.75) is 0 Å². The Morgan fingerprint density at radius 3 is 2.52 bits per heavy atom. The Morgan fingerprint density at radius 2 is 1.86 bits per heavy atom. The lowest BCUT2D eigenvalue weighted by molar-refractivity contribution is 1.16. The molecule has 0 amide bonds. The molecule has 0 bridgehead atoms. The van der Waals surface area contributed by atoms with Gasteiger partial charge in [-0.25, -0.2) is 19.9 Å². The molecule has 0 atom stereocenters. The van der Waals surface area contributed by atoms with Crippen molar-refractivity contribution in [3.05, 3.63) is 41.3 Å². The van der Waals surface area contributed by atoms with Gasteiger partial charge in [-0.3, -0.25) is 0 Å². The molecule has 0 spiro atoms. The molecule has 0 aliphatic heterocycles. The summed E-state index contributed by atoms with van der Waals surface area (Å²) in [4.78, 5) is 16.5. The van der Waals surface area contributed by atoms with Crippen molar-refractivity contribution < 1.29 is 0 Å². The smallest absolute Gasteiger partial charge is 0.188 e. The molecular weight excluding hydrogens is 310 g/mol. The first kappa shape index (κ1) is 13.5. The van der Waals surface area contributed by atoms with Crippen molar-refractivity contribution >= 4 is 51.2 Å². The molecule has 3 aromatic rings. The summed E-state index contributed by atoms with van der Waals surface area (Å²) >= 11 is 7.25. The molecular formula is C12H10ClN7S. The van der Waals surface area contributed by atoms with Crippen LogP contribution in [0.5, 0.6) is 0 Å². The van der Waals surface area contributed by atoms with E-state index in [0.29, 0.717) is 33.3 Å². The van der Waals surface area contributed by atoms with E-state index in [1.54, 1.807) is 18.3 Å². The molecule has 106 valence electrons. The quantitative estimate of drug-likeness (QED) is 0.679. The largest absolute Gasteiger partial charge is 0.393 e. The van der Waals surface area contributed by atoms with Crippen LogP contribution in [0.3, 0.4) is 0 Å². The lowest BCUT2D eigenvalue weighted by Gasteiger charge is -2.10. The van der Waals surface area contributed by atoms with Gasteiger partial charge in [-0.05, 0) is 12.1 Å². The highest BCUT2D eigenvalue weighted by Gasteiger charge is 2.10. The Hall–Kier alpha value is -2.45. The van der Waals surface area contributed by atoms with Crippen LogP contribution in [0.4, 0.5) is 28.3 Å². The predicted octanol–water partition coefficient (Wildman–Crippen LogP) is 3.05. The van der Waals surface area contributed by atoms with Gasteiger partial charge in [0.25, 0.3) is 0 Å². The zero-order valence-corrected chi connectivity index (χ0v) is 12.2. The maximum atomic E-state index is 6.05. The van der Waals surface area contributed by atoms with Crippen LogP contribution in [-0.4, -0.2) is 19.9 Å². The van der Waals surface area contributed by atoms with Crippen LogP contribution in [-0.2, 0) is 0 Å². The molecule has 9 heteroatoms. The summed E-state index contributed by atoms with van der Waals surface area (Å²) in [5, 5.41) is 9.17. The summed E-state index contributed by atoms with van der Waals surface area (Å²) < 4.78 is 0. The van der Waals surface area contributed by atoms with Crippen LogP contribution in [0.15, 0.2) is 36.2 Å². The minimum Gasteiger partial charge on any atom is -0.393 e. The third kappa shape index (κ3) is 3.18. The number of nitrogen functional groups attached to an aromatic ring is 1. The molecule has 7 nitrogen and oxygen atoms in total. The highest BCUT2D eigenvalue weighted by Crippen LogP contribution is 2.28. The first-order valence-electron chi connectivity index (χ1n) is 5.88. The minimum absolute atomic E-state index is 0.379. The van der Waals surface area contributed by atoms with Crippen molar-refractivity contribution in [2.75, 3.05) is 16.4 Å². The fraction of sp³-hybridized carbons (Fsp3) is 0. The summed E-state index contributed by atoms with van der Waals surface area (Å²) in [6, 6.07) is 3.46. The first-order chi connectivity index (χ1) is 10.2. The number of hydrogen-bond acceptors (Lipinski definition) is 8. The van der Waals surface area contributed by atoms with E-state index < -0.39 is 0 Å². The second-order valence-electron chi connectivity index (χ2n) is 3.93. The van der Waals surface area contributed by atoms with E-state index in [1.807, 2.05) is 5.38 Å². The molecule has 0 unspecified atom stereocenters. The maximum Gasteiger partial charge on any atom is 0.188 e. The van der Waals surface area contributed by atoms with Gasteiger partial charge in [0, 0.05) is 17.8 Å². The highest BCUT2D eigenvalue weighted by molar-refractivity contribution is 7.13. The van der Waals surface area contributed by atoms with E-state index in [1.165, 1.54) is 23.9 Å². The Bertz CT molecular complexity index is 730. The van der Waals surface area contributed by atoms with Gasteiger partial charge in [-0.1, -0.05) is 11.6 Å². The number of rotatable bonds is 4. The van der Waals surface area contributed by atoms with Crippen LogP contribution in [0.2, 0.25) is 5.02 Å². The third-order valence-corrected chi connectivity index (χ3v) is 3.43. The molecule has 4 N–H and O–H groups in total. The molecule has 3 heterocycles. The fourth-order valence-electron chi connectivity index (χ4n) is 1.55. The molecule has 3 aromatic heterocycles. The summed E-state index contributed by atoms with van der Waals surface area (Å²) in [5.74, 6) is 1.53. The van der Waals surface area contributed by atoms with E-state index in [9.17, 15) is 0 Å². The normalized spacial score (nSPS) is 10.3. The Labute approximate surface area is 129 Å². The summed E-state index contributed by atoms with van der Waals surface area (Å²) in [6.45, 7) is 0. The van der Waals surface area contributed by atoms with Crippen molar-refractivity contribution in [3.8, 4) is 0 Å². The van der Waals surface area contributed by atoms with Gasteiger partial charge in [0.05, 0.1) is 5.02 Å². The number of anilines is 5. The lowest BCUT2D eigenvalue weighted by atomic mass is 10.4. The molecule has 0 saturated heterocycles. The van der Waals surface area contributed by atoms with Crippen molar-refractivity contribution in [1.82, 2.24) is 19.9 Å². The molecule has 0 aliphatic carbocycles. The number of nitrogens with two attached hydrogens (primary N) is 1. The minimum atomic E-state index is 0.379. The number of halogens is 1. The highest BCUT2D eigenvalue weighted by atomic mass is 35.5. The first-order valence-corrected chi connectivity index (χ1v) is 7.14. The molecule has 0 saturated carbocycles. The Kier molecular flexibility index (Phi) is 3.80. The average molecular weight is 320 g/mol. The molecule has 0 aromatic carbocycles. The predicted molar refractivity (Wildman–Crippen MR) is 84.4 cm³/mol. The van der Waals surface area contributed by atoms with Crippen LogP contribution >= 0.6 is 22.9 Å². The second kappa shape index (κ2) is 5.90. The molecule has 0 fully saturated rings. The van der Waals surface area contributed by atoms with Crippen molar-refractivity contribution in [2.24, 2.45) is 0 Å². The van der Waals surface area contributed by atoms with Crippen molar-refractivity contribution in [3.63, 3.8) is 0 Å².